The lowest BCUT2D eigenvalue weighted by Gasteiger charge is -2.31. The second-order valence-electron chi connectivity index (χ2n) is 10.8. The molecule has 1 unspecified atom stereocenters. The van der Waals surface area contributed by atoms with Gasteiger partial charge in [-0.2, -0.15) is 4.98 Å². The zero-order chi connectivity index (χ0) is 29.1. The van der Waals surface area contributed by atoms with Gasteiger partial charge < -0.3 is 19.9 Å². The fourth-order valence-electron chi connectivity index (χ4n) is 5.11. The molecule has 2 aromatic heterocycles. The molecule has 5 rings (SSSR count). The van der Waals surface area contributed by atoms with Crippen LogP contribution < -0.4 is 26.6 Å². The molecule has 2 N–H and O–H groups in total. The molecule has 2 aromatic carbocycles. The quantitative estimate of drug-likeness (QED) is 0.248. The zero-order valence-electron chi connectivity index (χ0n) is 23.7. The van der Waals surface area contributed by atoms with Crippen molar-refractivity contribution in [2.75, 3.05) is 18.0 Å². The van der Waals surface area contributed by atoms with Gasteiger partial charge in [0.25, 0.3) is 5.56 Å². The molecular formula is C31H36N6O4. The summed E-state index contributed by atoms with van der Waals surface area (Å²) in [4.78, 5) is 47.4. The molecule has 1 atom stereocenters. The maximum Gasteiger partial charge on any atom is 0.332 e. The van der Waals surface area contributed by atoms with E-state index in [1.165, 1.54) is 4.57 Å². The third kappa shape index (κ3) is 6.02. The predicted octanol–water partition coefficient (Wildman–Crippen LogP) is 3.25. The van der Waals surface area contributed by atoms with Crippen molar-refractivity contribution in [3.8, 4) is 5.75 Å². The van der Waals surface area contributed by atoms with E-state index in [9.17, 15) is 14.4 Å². The molecule has 10 nitrogen and oxygen atoms in total. The van der Waals surface area contributed by atoms with Gasteiger partial charge in [-0.3, -0.25) is 18.7 Å². The summed E-state index contributed by atoms with van der Waals surface area (Å²) < 4.78 is 10.0. The summed E-state index contributed by atoms with van der Waals surface area (Å²) in [6, 6.07) is 16.5. The number of hydrogen-bond acceptors (Lipinski definition) is 7. The number of piperidine rings is 1. The van der Waals surface area contributed by atoms with Gasteiger partial charge in [0, 0.05) is 38.3 Å². The Labute approximate surface area is 238 Å². The first kappa shape index (κ1) is 28.1. The van der Waals surface area contributed by atoms with Crippen LogP contribution >= 0.6 is 0 Å². The summed E-state index contributed by atoms with van der Waals surface area (Å²) in [5, 5.41) is 0. The lowest BCUT2D eigenvalue weighted by Crippen LogP contribution is -2.44. The van der Waals surface area contributed by atoms with Crippen molar-refractivity contribution in [3.05, 3.63) is 98.2 Å². The van der Waals surface area contributed by atoms with Crippen LogP contribution in [0, 0.1) is 0 Å². The van der Waals surface area contributed by atoms with Gasteiger partial charge in [-0.1, -0.05) is 54.1 Å². The standard InChI is InChI=1S/C31H36N6O4/c1-21(2)14-16-36-27-28(33-30(36)35-15-8-12-24(32)18-35)34(3)31(40)37(29(27)39)19-26(38)23-11-7-13-25(17-23)41-20-22-9-5-4-6-10-22/h4-7,9-11,13-14,17,24H,8,12,15-16,18-20,32H2,1-3H3. The number of nitrogens with two attached hydrogens (primary N) is 1. The molecule has 0 saturated carbocycles. The van der Waals surface area contributed by atoms with E-state index >= 15 is 0 Å². The molecule has 3 heterocycles. The molecule has 4 aromatic rings. The minimum atomic E-state index is -0.596. The highest BCUT2D eigenvalue weighted by Gasteiger charge is 2.26. The van der Waals surface area contributed by atoms with Gasteiger partial charge in [0.15, 0.2) is 16.9 Å². The number of hydrogen-bond donors (Lipinski definition) is 1. The number of aromatic nitrogens is 4. The number of rotatable bonds is 9. The van der Waals surface area contributed by atoms with Gasteiger partial charge in [0.1, 0.15) is 12.4 Å². The van der Waals surface area contributed by atoms with E-state index in [0.29, 0.717) is 37.0 Å². The van der Waals surface area contributed by atoms with Crippen LogP contribution in [-0.4, -0.2) is 43.6 Å². The maximum absolute atomic E-state index is 13.9. The highest BCUT2D eigenvalue weighted by Crippen LogP contribution is 2.23. The molecule has 1 saturated heterocycles. The average molecular weight is 557 g/mol. The van der Waals surface area contributed by atoms with Gasteiger partial charge in [-0.15, -0.1) is 0 Å². The van der Waals surface area contributed by atoms with E-state index < -0.39 is 17.8 Å². The third-order valence-electron chi connectivity index (χ3n) is 7.34. The van der Waals surface area contributed by atoms with E-state index in [0.717, 1.165) is 35.1 Å². The van der Waals surface area contributed by atoms with Crippen LogP contribution in [-0.2, 0) is 26.7 Å². The van der Waals surface area contributed by atoms with Crippen LogP contribution in [0.4, 0.5) is 5.95 Å². The Balaban J connectivity index is 1.50. The fourth-order valence-corrected chi connectivity index (χ4v) is 5.11. The highest BCUT2D eigenvalue weighted by molar-refractivity contribution is 5.96. The molecule has 214 valence electrons. The molecule has 0 radical (unpaired) electrons. The Kier molecular flexibility index (Phi) is 8.21. The summed E-state index contributed by atoms with van der Waals surface area (Å²) in [7, 11) is 1.58. The van der Waals surface area contributed by atoms with Crippen LogP contribution in [0.5, 0.6) is 5.75 Å². The summed E-state index contributed by atoms with van der Waals surface area (Å²) >= 11 is 0. The smallest absolute Gasteiger partial charge is 0.332 e. The summed E-state index contributed by atoms with van der Waals surface area (Å²) in [6.07, 6.45) is 3.85. The predicted molar refractivity (Wildman–Crippen MR) is 160 cm³/mol. The van der Waals surface area contributed by atoms with Crippen molar-refractivity contribution in [1.29, 1.82) is 0 Å². The normalized spacial score (nSPS) is 15.2. The number of ketones is 1. The minimum Gasteiger partial charge on any atom is -0.489 e. The molecular weight excluding hydrogens is 520 g/mol. The molecule has 1 fully saturated rings. The van der Waals surface area contributed by atoms with E-state index in [-0.39, 0.29) is 23.0 Å². The molecule has 1 aliphatic heterocycles. The lowest BCUT2D eigenvalue weighted by atomic mass is 10.1. The third-order valence-corrected chi connectivity index (χ3v) is 7.34. The van der Waals surface area contributed by atoms with E-state index in [1.54, 1.807) is 31.3 Å². The second-order valence-corrected chi connectivity index (χ2v) is 10.8. The molecule has 0 amide bonds. The van der Waals surface area contributed by atoms with Crippen molar-refractivity contribution in [2.45, 2.75) is 52.4 Å². The lowest BCUT2D eigenvalue weighted by molar-refractivity contribution is 0.0968. The summed E-state index contributed by atoms with van der Waals surface area (Å²) in [6.45, 7) is 5.70. The van der Waals surface area contributed by atoms with Gasteiger partial charge in [-0.05, 0) is 44.4 Å². The van der Waals surface area contributed by atoms with Crippen molar-refractivity contribution in [3.63, 3.8) is 0 Å². The average Bonchev–Trinajstić information content (AvgIpc) is 3.36. The number of benzene rings is 2. The molecule has 0 spiro atoms. The maximum atomic E-state index is 13.9. The first-order valence-electron chi connectivity index (χ1n) is 13.9. The topological polar surface area (TPSA) is 117 Å². The van der Waals surface area contributed by atoms with E-state index in [2.05, 4.69) is 4.90 Å². The Bertz CT molecular complexity index is 1710. The van der Waals surface area contributed by atoms with Crippen LogP contribution in [0.25, 0.3) is 11.2 Å². The number of carbonyl (C=O) groups excluding carboxylic acids is 1. The fraction of sp³-hybridized carbons (Fsp3) is 0.355. The van der Waals surface area contributed by atoms with Gasteiger partial charge >= 0.3 is 5.69 Å². The minimum absolute atomic E-state index is 0.00556. The summed E-state index contributed by atoms with van der Waals surface area (Å²) in [5.74, 6) is 0.762. The molecule has 0 aliphatic carbocycles. The first-order valence-corrected chi connectivity index (χ1v) is 13.9. The van der Waals surface area contributed by atoms with Crippen LogP contribution in [0.3, 0.4) is 0 Å². The Morgan fingerprint density at radius 3 is 2.61 bits per heavy atom. The SMILES string of the molecule is CC(C)=CCn1c(N2CCCC(N)C2)nc2c1c(=O)n(CC(=O)c1cccc(OCc3ccccc3)c1)c(=O)n2C. The Morgan fingerprint density at radius 1 is 1.10 bits per heavy atom. The van der Waals surface area contributed by atoms with Crippen molar-refractivity contribution in [1.82, 2.24) is 18.7 Å². The number of nitrogens with zero attached hydrogens (tertiary/aromatic N) is 5. The second kappa shape index (κ2) is 12.0. The van der Waals surface area contributed by atoms with Crippen molar-refractivity contribution in [2.24, 2.45) is 12.8 Å². The number of carbonyl (C=O) groups is 1. The number of allylic oxidation sites excluding steroid dienone is 2. The molecule has 0 bridgehead atoms. The highest BCUT2D eigenvalue weighted by atomic mass is 16.5. The van der Waals surface area contributed by atoms with Crippen molar-refractivity contribution < 1.29 is 9.53 Å². The number of aryl methyl sites for hydroxylation is 1. The molecule has 10 heteroatoms. The Morgan fingerprint density at radius 2 is 1.88 bits per heavy atom. The number of anilines is 1. The summed E-state index contributed by atoms with van der Waals surface area (Å²) in [5.41, 5.74) is 8.12. The van der Waals surface area contributed by atoms with Crippen LogP contribution in [0.1, 0.15) is 42.6 Å². The van der Waals surface area contributed by atoms with E-state index in [4.69, 9.17) is 15.5 Å². The Hall–Kier alpha value is -4.44. The zero-order valence-corrected chi connectivity index (χ0v) is 23.7. The molecule has 1 aliphatic rings. The van der Waals surface area contributed by atoms with E-state index in [1.807, 2.05) is 54.8 Å². The van der Waals surface area contributed by atoms with Crippen LogP contribution in [0.2, 0.25) is 0 Å². The largest absolute Gasteiger partial charge is 0.489 e. The number of Topliss-reactive ketones (excluding diaryl/α,β-unsaturated/α-hetero) is 1. The van der Waals surface area contributed by atoms with Gasteiger partial charge in [0.2, 0.25) is 5.95 Å². The van der Waals surface area contributed by atoms with Gasteiger partial charge in [0.05, 0.1) is 6.54 Å². The number of fused-ring (bicyclic) bond motifs is 1. The number of imidazole rings is 1. The number of ether oxygens (including phenoxy) is 1. The first-order chi connectivity index (χ1) is 19.7. The molecule has 41 heavy (non-hydrogen) atoms. The van der Waals surface area contributed by atoms with Crippen molar-refractivity contribution >= 4 is 22.9 Å². The monoisotopic (exact) mass is 556 g/mol. The van der Waals surface area contributed by atoms with Gasteiger partial charge in [-0.25, -0.2) is 4.79 Å². The van der Waals surface area contributed by atoms with Crippen LogP contribution in [0.15, 0.2) is 75.8 Å².